The third kappa shape index (κ3) is 4.35. The zero-order chi connectivity index (χ0) is 22.7. The molecule has 168 valence electrons. The van der Waals surface area contributed by atoms with Gasteiger partial charge in [0.2, 0.25) is 5.88 Å². The van der Waals surface area contributed by atoms with Crippen LogP contribution in [0.2, 0.25) is 0 Å². The van der Waals surface area contributed by atoms with Crippen LogP contribution < -0.4 is 21.1 Å². The summed E-state index contributed by atoms with van der Waals surface area (Å²) in [7, 11) is 0. The van der Waals surface area contributed by atoms with Gasteiger partial charge in [-0.3, -0.25) is 5.32 Å². The van der Waals surface area contributed by atoms with Gasteiger partial charge < -0.3 is 25.6 Å². The average molecular weight is 441 g/mol. The van der Waals surface area contributed by atoms with Crippen LogP contribution in [0.3, 0.4) is 0 Å². The van der Waals surface area contributed by atoms with Gasteiger partial charge in [0.15, 0.2) is 5.82 Å². The normalized spacial score (nSPS) is 14.6. The van der Waals surface area contributed by atoms with E-state index in [-0.39, 0.29) is 17.1 Å². The molecule has 2 aromatic heterocycles. The second-order valence-electron chi connectivity index (χ2n) is 7.44. The number of carbonyl (C=O) groups is 1. The lowest BCUT2D eigenvalue weighted by Crippen LogP contribution is -2.20. The van der Waals surface area contributed by atoms with Crippen molar-refractivity contribution in [2.45, 2.75) is 19.8 Å². The summed E-state index contributed by atoms with van der Waals surface area (Å²) in [6, 6.07) is 3.11. The van der Waals surface area contributed by atoms with Gasteiger partial charge in [-0.15, -0.1) is 0 Å². The smallest absolute Gasteiger partial charge is 0.410 e. The molecule has 0 aliphatic carbocycles. The van der Waals surface area contributed by atoms with Crippen molar-refractivity contribution in [1.29, 1.82) is 0 Å². The number of amides is 1. The summed E-state index contributed by atoms with van der Waals surface area (Å²) in [6.45, 7) is 5.00. The minimum Gasteiger partial charge on any atom is -0.474 e. The maximum atomic E-state index is 15.0. The number of nitrogens with one attached hydrogen (secondary N) is 2. The Balaban J connectivity index is 0.000000433. The van der Waals surface area contributed by atoms with Gasteiger partial charge in [-0.1, -0.05) is 0 Å². The minimum absolute atomic E-state index is 0.0572. The van der Waals surface area contributed by atoms with Crippen LogP contribution in [0.15, 0.2) is 24.5 Å². The van der Waals surface area contributed by atoms with Crippen molar-refractivity contribution in [2.24, 2.45) is 0 Å². The predicted molar refractivity (Wildman–Crippen MR) is 120 cm³/mol. The lowest BCUT2D eigenvalue weighted by Gasteiger charge is -2.22. The van der Waals surface area contributed by atoms with E-state index in [0.29, 0.717) is 35.4 Å². The Kier molecular flexibility index (Phi) is 6.22. The summed E-state index contributed by atoms with van der Waals surface area (Å²) in [4.78, 5) is 19.1. The second-order valence-corrected chi connectivity index (χ2v) is 7.44. The van der Waals surface area contributed by atoms with Crippen molar-refractivity contribution in [2.75, 3.05) is 42.7 Å². The summed E-state index contributed by atoms with van der Waals surface area (Å²) in [5, 5.41) is 15.2. The molecule has 10 heteroatoms. The first kappa shape index (κ1) is 21.6. The van der Waals surface area contributed by atoms with Crippen molar-refractivity contribution in [1.82, 2.24) is 9.97 Å². The van der Waals surface area contributed by atoms with Crippen LogP contribution in [0.1, 0.15) is 18.4 Å². The Bertz CT molecular complexity index is 1160. The molecule has 0 radical (unpaired) electrons. The standard InChI is InChI=1S/C18H16FN5O3.C4H8O/c1-8-11(6-23-17-16(8)21-2-3-27-17)10-4-9-5-13(24-18(25)26)22-7-12(9)15(20)14(10)19;1-2-4-5-3-1/h4-7,21H,2-3,20H2,1H3,(H,22,24)(H,25,26);1-4H2. The van der Waals surface area contributed by atoms with Gasteiger partial charge in [0.25, 0.3) is 0 Å². The van der Waals surface area contributed by atoms with E-state index in [1.807, 2.05) is 6.92 Å². The molecular formula is C22H24FN5O4. The van der Waals surface area contributed by atoms with Crippen molar-refractivity contribution in [3.63, 3.8) is 0 Å². The monoisotopic (exact) mass is 441 g/mol. The third-order valence-electron chi connectivity index (χ3n) is 5.30. The van der Waals surface area contributed by atoms with E-state index in [1.54, 1.807) is 12.3 Å². The highest BCUT2D eigenvalue weighted by molar-refractivity contribution is 5.99. The number of benzene rings is 1. The molecule has 0 saturated carbocycles. The van der Waals surface area contributed by atoms with E-state index in [0.717, 1.165) is 24.5 Å². The first-order valence-corrected chi connectivity index (χ1v) is 10.3. The zero-order valence-corrected chi connectivity index (χ0v) is 17.6. The van der Waals surface area contributed by atoms with Gasteiger partial charge >= 0.3 is 6.09 Å². The Morgan fingerprint density at radius 1 is 1.19 bits per heavy atom. The molecule has 9 nitrogen and oxygen atoms in total. The average Bonchev–Trinajstić information content (AvgIpc) is 3.37. The summed E-state index contributed by atoms with van der Waals surface area (Å²) in [5.74, 6) is 0.0287. The van der Waals surface area contributed by atoms with Gasteiger partial charge in [-0.2, -0.15) is 0 Å². The highest BCUT2D eigenvalue weighted by atomic mass is 19.1. The maximum absolute atomic E-state index is 15.0. The molecule has 4 heterocycles. The molecule has 3 aromatic rings. The van der Waals surface area contributed by atoms with Crippen molar-refractivity contribution < 1.29 is 23.8 Å². The van der Waals surface area contributed by atoms with Crippen molar-refractivity contribution >= 4 is 34.1 Å². The van der Waals surface area contributed by atoms with Crippen molar-refractivity contribution in [3.8, 4) is 17.0 Å². The summed E-state index contributed by atoms with van der Waals surface area (Å²) in [6.07, 6.45) is 4.21. The number of rotatable bonds is 2. The Hall–Kier alpha value is -3.66. The van der Waals surface area contributed by atoms with Crippen LogP contribution >= 0.6 is 0 Å². The van der Waals surface area contributed by atoms with Crippen LogP contribution in [0.25, 0.3) is 21.9 Å². The first-order chi connectivity index (χ1) is 15.5. The van der Waals surface area contributed by atoms with Crippen molar-refractivity contribution in [3.05, 3.63) is 35.9 Å². The van der Waals surface area contributed by atoms with Gasteiger partial charge in [0.1, 0.15) is 18.1 Å². The molecule has 1 fully saturated rings. The zero-order valence-electron chi connectivity index (χ0n) is 17.6. The largest absolute Gasteiger partial charge is 0.474 e. The van der Waals surface area contributed by atoms with Crippen LogP contribution in [-0.4, -0.2) is 47.5 Å². The number of hydrogen-bond acceptors (Lipinski definition) is 7. The van der Waals surface area contributed by atoms with E-state index >= 15 is 0 Å². The number of nitrogens with two attached hydrogens (primary N) is 1. The fourth-order valence-electron chi connectivity index (χ4n) is 3.67. The lowest BCUT2D eigenvalue weighted by atomic mass is 9.97. The first-order valence-electron chi connectivity index (χ1n) is 10.3. The van der Waals surface area contributed by atoms with Gasteiger partial charge in [0.05, 0.1) is 5.69 Å². The topological polar surface area (TPSA) is 132 Å². The minimum atomic E-state index is -1.24. The number of anilines is 3. The molecule has 1 amide bonds. The van der Waals surface area contributed by atoms with E-state index in [9.17, 15) is 9.18 Å². The molecule has 2 aliphatic rings. The number of hydrogen-bond donors (Lipinski definition) is 4. The fourth-order valence-corrected chi connectivity index (χ4v) is 3.67. The van der Waals surface area contributed by atoms with E-state index in [2.05, 4.69) is 20.6 Å². The van der Waals surface area contributed by atoms with Crippen LogP contribution in [-0.2, 0) is 4.74 Å². The van der Waals surface area contributed by atoms with Crippen LogP contribution in [0.5, 0.6) is 5.88 Å². The Labute approximate surface area is 183 Å². The van der Waals surface area contributed by atoms with Crippen LogP contribution in [0, 0.1) is 12.7 Å². The van der Waals surface area contributed by atoms with E-state index in [1.165, 1.54) is 25.1 Å². The number of carboxylic acid groups (broad SMARTS) is 1. The molecule has 32 heavy (non-hydrogen) atoms. The molecule has 1 saturated heterocycles. The molecule has 5 rings (SSSR count). The van der Waals surface area contributed by atoms with E-state index in [4.69, 9.17) is 20.3 Å². The molecule has 1 aromatic carbocycles. The molecule has 0 atom stereocenters. The fraction of sp³-hybridized carbons (Fsp3) is 0.318. The number of halogens is 1. The maximum Gasteiger partial charge on any atom is 0.410 e. The summed E-state index contributed by atoms with van der Waals surface area (Å²) < 4.78 is 25.5. The number of aromatic nitrogens is 2. The number of ether oxygens (including phenoxy) is 2. The Morgan fingerprint density at radius 3 is 2.66 bits per heavy atom. The second kappa shape index (κ2) is 9.23. The van der Waals surface area contributed by atoms with E-state index < -0.39 is 11.9 Å². The number of fused-ring (bicyclic) bond motifs is 2. The Morgan fingerprint density at radius 2 is 1.97 bits per heavy atom. The molecular weight excluding hydrogens is 417 g/mol. The quantitative estimate of drug-likeness (QED) is 0.439. The molecule has 0 spiro atoms. The third-order valence-corrected chi connectivity index (χ3v) is 5.30. The number of nitrogen functional groups attached to an aromatic ring is 1. The molecule has 5 N–H and O–H groups in total. The molecule has 0 unspecified atom stereocenters. The number of nitrogens with zero attached hydrogens (tertiary/aromatic N) is 2. The number of pyridine rings is 2. The van der Waals surface area contributed by atoms with Gasteiger partial charge in [0, 0.05) is 48.7 Å². The highest BCUT2D eigenvalue weighted by Gasteiger charge is 2.21. The molecule has 0 bridgehead atoms. The SMILES string of the molecule is C1CCOC1.Cc1c(-c2cc3cc(NC(=O)O)ncc3c(N)c2F)cnc2c1NCCO2. The van der Waals surface area contributed by atoms with Gasteiger partial charge in [-0.05, 0) is 42.8 Å². The molecule has 2 aliphatic heterocycles. The highest BCUT2D eigenvalue weighted by Crippen LogP contribution is 2.39. The predicted octanol–water partition coefficient (Wildman–Crippen LogP) is 4.02. The summed E-state index contributed by atoms with van der Waals surface area (Å²) >= 11 is 0. The van der Waals surface area contributed by atoms with Crippen LogP contribution in [0.4, 0.5) is 26.4 Å². The van der Waals surface area contributed by atoms with Gasteiger partial charge in [-0.25, -0.2) is 19.2 Å². The lowest BCUT2D eigenvalue weighted by molar-refractivity contribution is 0.198. The summed E-state index contributed by atoms with van der Waals surface area (Å²) in [5.41, 5.74) is 8.28.